The van der Waals surface area contributed by atoms with Crippen LogP contribution in [-0.4, -0.2) is 0 Å². The van der Waals surface area contributed by atoms with Gasteiger partial charge in [-0.3, -0.25) is 0 Å². The Kier molecular flexibility index (Phi) is 123. The first-order valence-corrected chi connectivity index (χ1v) is 0.636. The van der Waals surface area contributed by atoms with Crippen molar-refractivity contribution in [3.63, 3.8) is 0 Å². The van der Waals surface area contributed by atoms with Gasteiger partial charge in [-0.1, -0.05) is 0 Å². The van der Waals surface area contributed by atoms with Crippen LogP contribution in [0.15, 0.2) is 0 Å². The third-order valence-corrected chi connectivity index (χ3v) is 0. The van der Waals surface area contributed by atoms with E-state index in [1.165, 1.54) is 0 Å². The summed E-state index contributed by atoms with van der Waals surface area (Å²) in [7, 11) is 0. The van der Waals surface area contributed by atoms with E-state index in [2.05, 4.69) is 0 Å². The van der Waals surface area contributed by atoms with Crippen molar-refractivity contribution in [1.82, 2.24) is 0 Å². The SMILES string of the molecule is [Cr].[Ni].[O]=[Mn]. The van der Waals surface area contributed by atoms with Crippen molar-refractivity contribution < 1.29 is 53.6 Å². The Morgan fingerprint density at radius 3 is 1.25 bits per heavy atom. The summed E-state index contributed by atoms with van der Waals surface area (Å²) in [5, 5.41) is 0. The molecule has 0 aromatic heterocycles. The molecule has 0 aliphatic rings. The molecule has 29 valence electrons. The van der Waals surface area contributed by atoms with E-state index >= 15 is 0 Å². The normalized spacial score (nSPS) is 1.00. The molecule has 0 rings (SSSR count). The minimum absolute atomic E-state index is 0. The van der Waals surface area contributed by atoms with Crippen LogP contribution in [0, 0.1) is 0 Å². The van der Waals surface area contributed by atoms with Gasteiger partial charge in [-0.25, -0.2) is 0 Å². The number of hydrogen-bond acceptors (Lipinski definition) is 1. The summed E-state index contributed by atoms with van der Waals surface area (Å²) in [6.45, 7) is 0. The van der Waals surface area contributed by atoms with E-state index in [4.69, 9.17) is 3.83 Å². The quantitative estimate of drug-likeness (QED) is 0.476. The van der Waals surface area contributed by atoms with Gasteiger partial charge >= 0.3 is 19.8 Å². The third kappa shape index (κ3) is 10.2. The van der Waals surface area contributed by atoms with Crippen molar-refractivity contribution in [2.24, 2.45) is 0 Å². The molecule has 4 heavy (non-hydrogen) atoms. The third-order valence-electron chi connectivity index (χ3n) is 0. The predicted octanol–water partition coefficient (Wildman–Crippen LogP) is -0.126. The zero-order chi connectivity index (χ0) is 2.00. The summed E-state index contributed by atoms with van der Waals surface area (Å²) >= 11 is 1.69. The van der Waals surface area contributed by atoms with Gasteiger partial charge in [-0.2, -0.15) is 0 Å². The van der Waals surface area contributed by atoms with E-state index in [9.17, 15) is 0 Å². The zero-order valence-corrected chi connectivity index (χ0v) is 4.95. The molecule has 0 amide bonds. The minimum atomic E-state index is 0. The molecule has 0 aliphatic carbocycles. The molecule has 0 aromatic carbocycles. The molecule has 0 heterocycles. The average Bonchev–Trinajstić information content (AvgIpc) is 1.00. The summed E-state index contributed by atoms with van der Waals surface area (Å²) in [5.41, 5.74) is 0. The Labute approximate surface area is 53.6 Å². The van der Waals surface area contributed by atoms with Crippen LogP contribution in [0.3, 0.4) is 0 Å². The fourth-order valence-corrected chi connectivity index (χ4v) is 0. The van der Waals surface area contributed by atoms with Gasteiger partial charge in [0.05, 0.1) is 0 Å². The van der Waals surface area contributed by atoms with E-state index < -0.39 is 0 Å². The monoisotopic (exact) mass is 181 g/mol. The molecule has 0 fully saturated rings. The van der Waals surface area contributed by atoms with Crippen LogP contribution in [-0.2, 0) is 53.6 Å². The van der Waals surface area contributed by atoms with Crippen LogP contribution in [0.4, 0.5) is 0 Å². The summed E-state index contributed by atoms with van der Waals surface area (Å²) in [5.74, 6) is 0. The zero-order valence-electron chi connectivity index (χ0n) is 1.51. The standard InChI is InChI=1S/Cr.Mn.Ni.O. The van der Waals surface area contributed by atoms with Crippen molar-refractivity contribution in [2.45, 2.75) is 0 Å². The Bertz CT molecular complexity index is 8.00. The van der Waals surface area contributed by atoms with Gasteiger partial charge in [0, 0.05) is 33.9 Å². The van der Waals surface area contributed by atoms with Crippen molar-refractivity contribution in [3.8, 4) is 0 Å². The van der Waals surface area contributed by atoms with Gasteiger partial charge in [0.2, 0.25) is 0 Å². The van der Waals surface area contributed by atoms with Gasteiger partial charge < -0.3 is 0 Å². The molecule has 0 radical (unpaired) electrons. The van der Waals surface area contributed by atoms with Crippen LogP contribution >= 0.6 is 0 Å². The molecule has 1 nitrogen and oxygen atoms in total. The molecule has 0 unspecified atom stereocenters. The maximum absolute atomic E-state index is 8.06. The maximum atomic E-state index is 8.06. The molecule has 0 saturated heterocycles. The van der Waals surface area contributed by atoms with E-state index in [0.29, 0.717) is 0 Å². The molecule has 0 saturated carbocycles. The summed E-state index contributed by atoms with van der Waals surface area (Å²) in [6, 6.07) is 0. The summed E-state index contributed by atoms with van der Waals surface area (Å²) < 4.78 is 8.06. The molecule has 0 bridgehead atoms. The first-order valence-electron chi connectivity index (χ1n) is 0.154. The van der Waals surface area contributed by atoms with E-state index in [0.717, 1.165) is 0 Å². The van der Waals surface area contributed by atoms with E-state index in [1.54, 1.807) is 15.9 Å². The van der Waals surface area contributed by atoms with Gasteiger partial charge in [0.15, 0.2) is 0 Å². The van der Waals surface area contributed by atoms with Crippen LogP contribution in [0.1, 0.15) is 0 Å². The molecule has 0 atom stereocenters. The van der Waals surface area contributed by atoms with Crippen LogP contribution in [0.25, 0.3) is 0 Å². The fourth-order valence-electron chi connectivity index (χ4n) is 0. The number of rotatable bonds is 0. The van der Waals surface area contributed by atoms with Crippen LogP contribution in [0.2, 0.25) is 0 Å². The summed E-state index contributed by atoms with van der Waals surface area (Å²) in [4.78, 5) is 0. The second-order valence-electron chi connectivity index (χ2n) is 0. The predicted molar refractivity (Wildman–Crippen MR) is 0.686 cm³/mol. The molecular formula is CrMnNiO. The average molecular weight is 182 g/mol. The Balaban J connectivity index is -0.00000000500. The fraction of sp³-hybridized carbons (Fsp3) is 0. The van der Waals surface area contributed by atoms with Gasteiger partial charge in [0.1, 0.15) is 0 Å². The Hall–Kier alpha value is 1.35. The topological polar surface area (TPSA) is 17.1 Å². The van der Waals surface area contributed by atoms with Gasteiger partial charge in [-0.05, 0) is 0 Å². The van der Waals surface area contributed by atoms with E-state index in [1.807, 2.05) is 0 Å². The van der Waals surface area contributed by atoms with Crippen LogP contribution in [0.5, 0.6) is 0 Å². The van der Waals surface area contributed by atoms with Gasteiger partial charge in [0.25, 0.3) is 0 Å². The molecule has 0 aliphatic heterocycles. The first-order chi connectivity index (χ1) is 1.00. The van der Waals surface area contributed by atoms with Crippen molar-refractivity contribution in [1.29, 1.82) is 0 Å². The molecule has 0 spiro atoms. The van der Waals surface area contributed by atoms with Crippen molar-refractivity contribution >= 4 is 0 Å². The van der Waals surface area contributed by atoms with Crippen molar-refractivity contribution in [2.75, 3.05) is 0 Å². The summed E-state index contributed by atoms with van der Waals surface area (Å²) in [6.07, 6.45) is 0. The Morgan fingerprint density at radius 1 is 1.25 bits per heavy atom. The molecule has 4 heteroatoms. The molecule has 0 aromatic rings. The molecule has 0 N–H and O–H groups in total. The second kappa shape index (κ2) is 26.9. The van der Waals surface area contributed by atoms with E-state index in [-0.39, 0.29) is 33.9 Å². The van der Waals surface area contributed by atoms with Crippen molar-refractivity contribution in [3.05, 3.63) is 0 Å². The molecular weight excluding hydrogens is 182 g/mol. The van der Waals surface area contributed by atoms with Gasteiger partial charge in [-0.15, -0.1) is 0 Å². The Morgan fingerprint density at radius 2 is 1.25 bits per heavy atom. The first kappa shape index (κ1) is 18.3. The second-order valence-corrected chi connectivity index (χ2v) is 0. The number of hydrogen-bond donors (Lipinski definition) is 0. The van der Waals surface area contributed by atoms with Crippen LogP contribution < -0.4 is 0 Å².